The number of rotatable bonds is 3. The average Bonchev–Trinajstić information content (AvgIpc) is 2.59. The quantitative estimate of drug-likeness (QED) is 0.697. The first-order valence-corrected chi connectivity index (χ1v) is 5.38. The van der Waals surface area contributed by atoms with Gasteiger partial charge in [-0.2, -0.15) is 0 Å². The van der Waals surface area contributed by atoms with E-state index in [0.717, 1.165) is 24.2 Å². The lowest BCUT2D eigenvalue weighted by Gasteiger charge is -1.93. The van der Waals surface area contributed by atoms with Gasteiger partial charge in [0.1, 0.15) is 11.3 Å². The summed E-state index contributed by atoms with van der Waals surface area (Å²) in [7, 11) is 0. The van der Waals surface area contributed by atoms with Gasteiger partial charge in [0, 0.05) is 17.7 Å². The van der Waals surface area contributed by atoms with Crippen LogP contribution in [0, 0.1) is 6.92 Å². The van der Waals surface area contributed by atoms with Crippen molar-refractivity contribution in [3.05, 3.63) is 35.6 Å². The van der Waals surface area contributed by atoms with Crippen molar-refractivity contribution in [3.63, 3.8) is 0 Å². The van der Waals surface area contributed by atoms with E-state index in [1.807, 2.05) is 0 Å². The first-order chi connectivity index (χ1) is 6.81. The number of aryl methyl sites for hydroxylation is 2. The smallest absolute Gasteiger partial charge is 0.137 e. The van der Waals surface area contributed by atoms with Crippen LogP contribution in [0.3, 0.4) is 0 Å². The molecule has 2 aromatic rings. The summed E-state index contributed by atoms with van der Waals surface area (Å²) in [6.45, 7) is 2.07. The zero-order valence-electron chi connectivity index (χ0n) is 8.22. The van der Waals surface area contributed by atoms with Gasteiger partial charge in [-0.05, 0) is 25.0 Å². The van der Waals surface area contributed by atoms with E-state index in [-0.39, 0.29) is 0 Å². The summed E-state index contributed by atoms with van der Waals surface area (Å²) in [5, 5.41) is 1.19. The molecule has 0 bridgehead atoms. The second-order valence-electron chi connectivity index (χ2n) is 3.50. The molecule has 0 aliphatic carbocycles. The molecule has 0 saturated heterocycles. The predicted molar refractivity (Wildman–Crippen MR) is 60.0 cm³/mol. The van der Waals surface area contributed by atoms with Gasteiger partial charge >= 0.3 is 0 Å². The molecule has 0 aliphatic rings. The summed E-state index contributed by atoms with van der Waals surface area (Å²) in [5.74, 6) is 1.73. The molecule has 14 heavy (non-hydrogen) atoms. The number of hydrogen-bond donors (Lipinski definition) is 0. The normalized spacial score (nSPS) is 11.0. The Morgan fingerprint density at radius 1 is 1.36 bits per heavy atom. The maximum Gasteiger partial charge on any atom is 0.137 e. The lowest BCUT2D eigenvalue weighted by atomic mass is 10.2. The Hall–Kier alpha value is -0.950. The van der Waals surface area contributed by atoms with Gasteiger partial charge in [-0.1, -0.05) is 18.2 Å². The van der Waals surface area contributed by atoms with Crippen LogP contribution >= 0.6 is 11.6 Å². The van der Waals surface area contributed by atoms with Crippen LogP contribution in [0.2, 0.25) is 0 Å². The molecule has 74 valence electrons. The Morgan fingerprint density at radius 2 is 2.21 bits per heavy atom. The minimum absolute atomic E-state index is 0.691. The Bertz CT molecular complexity index is 431. The van der Waals surface area contributed by atoms with Crippen LogP contribution in [-0.2, 0) is 6.42 Å². The first-order valence-electron chi connectivity index (χ1n) is 4.85. The fourth-order valence-corrected chi connectivity index (χ4v) is 1.76. The van der Waals surface area contributed by atoms with Gasteiger partial charge in [-0.3, -0.25) is 0 Å². The van der Waals surface area contributed by atoms with Crippen molar-refractivity contribution < 1.29 is 4.42 Å². The third kappa shape index (κ3) is 1.78. The molecule has 0 saturated carbocycles. The van der Waals surface area contributed by atoms with Gasteiger partial charge in [-0.25, -0.2) is 0 Å². The topological polar surface area (TPSA) is 13.1 Å². The molecule has 0 unspecified atom stereocenters. The number of fused-ring (bicyclic) bond motifs is 1. The van der Waals surface area contributed by atoms with Crippen LogP contribution in [-0.4, -0.2) is 5.88 Å². The molecular formula is C12H13ClO. The molecule has 0 atom stereocenters. The third-order valence-corrected chi connectivity index (χ3v) is 2.62. The van der Waals surface area contributed by atoms with E-state index >= 15 is 0 Å². The highest BCUT2D eigenvalue weighted by Gasteiger charge is 2.04. The van der Waals surface area contributed by atoms with Gasteiger partial charge < -0.3 is 4.42 Å². The summed E-state index contributed by atoms with van der Waals surface area (Å²) < 4.78 is 5.74. The minimum Gasteiger partial charge on any atom is -0.461 e. The molecule has 1 heterocycles. The predicted octanol–water partition coefficient (Wildman–Crippen LogP) is 3.91. The number of benzene rings is 1. The molecule has 0 amide bonds. The standard InChI is InChI=1S/C12H13ClO/c1-9-4-2-5-10-8-11(6-3-7-13)14-12(9)10/h2,4-5,8H,3,6-7H2,1H3. The van der Waals surface area contributed by atoms with E-state index in [9.17, 15) is 0 Å². The number of halogens is 1. The zero-order chi connectivity index (χ0) is 9.97. The van der Waals surface area contributed by atoms with Gasteiger partial charge in [0.15, 0.2) is 0 Å². The van der Waals surface area contributed by atoms with Gasteiger partial charge in [0.25, 0.3) is 0 Å². The highest BCUT2D eigenvalue weighted by molar-refractivity contribution is 6.17. The van der Waals surface area contributed by atoms with Crippen molar-refractivity contribution in [2.24, 2.45) is 0 Å². The number of furan rings is 1. The van der Waals surface area contributed by atoms with Crippen LogP contribution in [0.25, 0.3) is 11.0 Å². The van der Waals surface area contributed by atoms with Gasteiger partial charge in [0.05, 0.1) is 0 Å². The summed E-state index contributed by atoms with van der Waals surface area (Å²) in [4.78, 5) is 0. The molecule has 1 aromatic carbocycles. The van der Waals surface area contributed by atoms with Crippen molar-refractivity contribution in [1.29, 1.82) is 0 Å². The Balaban J connectivity index is 2.36. The molecule has 0 spiro atoms. The SMILES string of the molecule is Cc1cccc2cc(CCCCl)oc12. The molecule has 1 aromatic heterocycles. The second-order valence-corrected chi connectivity index (χ2v) is 3.88. The first kappa shape index (κ1) is 9.60. The number of hydrogen-bond acceptors (Lipinski definition) is 1. The highest BCUT2D eigenvalue weighted by Crippen LogP contribution is 2.23. The lowest BCUT2D eigenvalue weighted by molar-refractivity contribution is 0.543. The van der Waals surface area contributed by atoms with E-state index in [0.29, 0.717) is 5.88 Å². The van der Waals surface area contributed by atoms with Gasteiger partial charge in [-0.15, -0.1) is 11.6 Å². The van der Waals surface area contributed by atoms with E-state index in [1.165, 1.54) is 10.9 Å². The fourth-order valence-electron chi connectivity index (χ4n) is 1.63. The molecule has 0 radical (unpaired) electrons. The largest absolute Gasteiger partial charge is 0.461 e. The molecule has 0 N–H and O–H groups in total. The summed E-state index contributed by atoms with van der Waals surface area (Å²) in [5.41, 5.74) is 2.21. The average molecular weight is 209 g/mol. The summed E-state index contributed by atoms with van der Waals surface area (Å²) in [6, 6.07) is 8.31. The Morgan fingerprint density at radius 3 is 2.93 bits per heavy atom. The van der Waals surface area contributed by atoms with Crippen LogP contribution in [0.4, 0.5) is 0 Å². The number of alkyl halides is 1. The monoisotopic (exact) mass is 208 g/mol. The highest BCUT2D eigenvalue weighted by atomic mass is 35.5. The zero-order valence-corrected chi connectivity index (χ0v) is 8.97. The Kier molecular flexibility index (Phi) is 2.78. The minimum atomic E-state index is 0.691. The van der Waals surface area contributed by atoms with Crippen LogP contribution < -0.4 is 0 Å². The third-order valence-electron chi connectivity index (χ3n) is 2.35. The van der Waals surface area contributed by atoms with E-state index in [1.54, 1.807) is 0 Å². The van der Waals surface area contributed by atoms with E-state index in [2.05, 4.69) is 31.2 Å². The van der Waals surface area contributed by atoms with Crippen LogP contribution in [0.15, 0.2) is 28.7 Å². The van der Waals surface area contributed by atoms with E-state index in [4.69, 9.17) is 16.0 Å². The molecule has 0 fully saturated rings. The van der Waals surface area contributed by atoms with Crippen molar-refractivity contribution in [1.82, 2.24) is 0 Å². The van der Waals surface area contributed by atoms with Crippen molar-refractivity contribution >= 4 is 22.6 Å². The Labute approximate surface area is 88.7 Å². The van der Waals surface area contributed by atoms with Crippen molar-refractivity contribution in [2.45, 2.75) is 19.8 Å². The molecule has 1 nitrogen and oxygen atoms in total. The molecule has 2 heteroatoms. The molecular weight excluding hydrogens is 196 g/mol. The van der Waals surface area contributed by atoms with Gasteiger partial charge in [0.2, 0.25) is 0 Å². The molecule has 0 aliphatic heterocycles. The van der Waals surface area contributed by atoms with Crippen molar-refractivity contribution in [3.8, 4) is 0 Å². The molecule has 2 rings (SSSR count). The maximum atomic E-state index is 5.74. The van der Waals surface area contributed by atoms with Crippen LogP contribution in [0.1, 0.15) is 17.7 Å². The fraction of sp³-hybridized carbons (Fsp3) is 0.333. The summed E-state index contributed by atoms with van der Waals surface area (Å²) >= 11 is 5.64. The van der Waals surface area contributed by atoms with E-state index < -0.39 is 0 Å². The van der Waals surface area contributed by atoms with Crippen molar-refractivity contribution in [2.75, 3.05) is 5.88 Å². The lowest BCUT2D eigenvalue weighted by Crippen LogP contribution is -1.81. The van der Waals surface area contributed by atoms with Crippen LogP contribution in [0.5, 0.6) is 0 Å². The number of para-hydroxylation sites is 1. The maximum absolute atomic E-state index is 5.74. The second kappa shape index (κ2) is 4.05. The summed E-state index contributed by atoms with van der Waals surface area (Å²) in [6.07, 6.45) is 1.90.